The average Bonchev–Trinajstić information content (AvgIpc) is 3.08. The van der Waals surface area contributed by atoms with E-state index in [2.05, 4.69) is 16.0 Å². The van der Waals surface area contributed by atoms with Crippen LogP contribution in [0.4, 0.5) is 5.82 Å². The molecule has 3 aromatic rings. The van der Waals surface area contributed by atoms with Crippen LogP contribution in [0.5, 0.6) is 0 Å². The van der Waals surface area contributed by atoms with Gasteiger partial charge in [0, 0.05) is 51.9 Å². The first-order valence-electron chi connectivity index (χ1n) is 10.7. The van der Waals surface area contributed by atoms with Crippen molar-refractivity contribution in [1.82, 2.24) is 19.0 Å². The van der Waals surface area contributed by atoms with E-state index in [0.29, 0.717) is 51.3 Å². The summed E-state index contributed by atoms with van der Waals surface area (Å²) in [6, 6.07) is 13.3. The number of anilines is 1. The van der Waals surface area contributed by atoms with Gasteiger partial charge in [-0.3, -0.25) is 13.9 Å². The zero-order chi connectivity index (χ0) is 21.8. The molecular formula is C23H26N6O2. The number of hydrogen-bond donors (Lipinski definition) is 0. The largest absolute Gasteiger partial charge is 0.353 e. The minimum absolute atomic E-state index is 0.0517. The SMILES string of the molecule is CCCn1c(=O)n(CCC(=O)N2CCN(c3cc(C#N)ccn3)CC2)c2ccccc21. The van der Waals surface area contributed by atoms with Gasteiger partial charge < -0.3 is 9.80 Å². The van der Waals surface area contributed by atoms with Crippen LogP contribution in [0.3, 0.4) is 0 Å². The van der Waals surface area contributed by atoms with Crippen LogP contribution in [0, 0.1) is 11.3 Å². The Hall–Kier alpha value is -3.60. The van der Waals surface area contributed by atoms with Crippen molar-refractivity contribution < 1.29 is 4.79 Å². The minimum atomic E-state index is -0.0517. The number of carbonyl (C=O) groups excluding carboxylic acids is 1. The van der Waals surface area contributed by atoms with Crippen molar-refractivity contribution in [1.29, 1.82) is 5.26 Å². The normalized spacial score (nSPS) is 14.1. The molecule has 1 fully saturated rings. The van der Waals surface area contributed by atoms with Crippen molar-refractivity contribution >= 4 is 22.8 Å². The Bertz CT molecular complexity index is 1180. The fraction of sp³-hybridized carbons (Fsp3) is 0.391. The van der Waals surface area contributed by atoms with E-state index in [1.165, 1.54) is 0 Å². The van der Waals surface area contributed by atoms with E-state index < -0.39 is 0 Å². The number of nitrogens with zero attached hydrogens (tertiary/aromatic N) is 6. The topological polar surface area (TPSA) is 87.2 Å². The van der Waals surface area contributed by atoms with Gasteiger partial charge >= 0.3 is 5.69 Å². The lowest BCUT2D eigenvalue weighted by molar-refractivity contribution is -0.131. The van der Waals surface area contributed by atoms with Gasteiger partial charge in [-0.15, -0.1) is 0 Å². The fourth-order valence-electron chi connectivity index (χ4n) is 4.14. The van der Waals surface area contributed by atoms with Crippen LogP contribution in [-0.2, 0) is 17.9 Å². The van der Waals surface area contributed by atoms with Crippen molar-refractivity contribution in [2.24, 2.45) is 0 Å². The molecule has 0 radical (unpaired) electrons. The van der Waals surface area contributed by atoms with E-state index in [1.807, 2.05) is 36.1 Å². The number of carbonyl (C=O) groups is 1. The number of aromatic nitrogens is 3. The molecular weight excluding hydrogens is 392 g/mol. The van der Waals surface area contributed by atoms with Crippen LogP contribution in [0.25, 0.3) is 11.0 Å². The van der Waals surface area contributed by atoms with Crippen molar-refractivity contribution in [2.45, 2.75) is 32.9 Å². The number of piperazine rings is 1. The molecule has 1 aromatic carbocycles. The fourth-order valence-corrected chi connectivity index (χ4v) is 4.14. The van der Waals surface area contributed by atoms with Gasteiger partial charge in [0.05, 0.1) is 22.7 Å². The predicted molar refractivity (Wildman–Crippen MR) is 119 cm³/mol. The Labute approximate surface area is 180 Å². The van der Waals surface area contributed by atoms with Gasteiger partial charge in [-0.25, -0.2) is 9.78 Å². The molecule has 0 unspecified atom stereocenters. The summed E-state index contributed by atoms with van der Waals surface area (Å²) in [5, 5.41) is 9.07. The summed E-state index contributed by atoms with van der Waals surface area (Å²) >= 11 is 0. The molecule has 0 saturated carbocycles. The summed E-state index contributed by atoms with van der Waals surface area (Å²) in [4.78, 5) is 34.0. The molecule has 31 heavy (non-hydrogen) atoms. The number of imidazole rings is 1. The molecule has 0 bridgehead atoms. The summed E-state index contributed by atoms with van der Waals surface area (Å²) in [7, 11) is 0. The number of benzene rings is 1. The van der Waals surface area contributed by atoms with E-state index in [-0.39, 0.29) is 11.6 Å². The van der Waals surface area contributed by atoms with Crippen molar-refractivity contribution in [3.63, 3.8) is 0 Å². The molecule has 0 atom stereocenters. The summed E-state index contributed by atoms with van der Waals surface area (Å²) < 4.78 is 3.51. The Morgan fingerprint density at radius 3 is 2.39 bits per heavy atom. The Kier molecular flexibility index (Phi) is 6.03. The van der Waals surface area contributed by atoms with Gasteiger partial charge in [0.15, 0.2) is 0 Å². The Morgan fingerprint density at radius 1 is 1.06 bits per heavy atom. The molecule has 8 heteroatoms. The first kappa shape index (κ1) is 20.7. The lowest BCUT2D eigenvalue weighted by Crippen LogP contribution is -2.49. The minimum Gasteiger partial charge on any atom is -0.353 e. The maximum absolute atomic E-state index is 12.9. The summed E-state index contributed by atoms with van der Waals surface area (Å²) in [6.45, 7) is 5.64. The molecule has 0 N–H and O–H groups in total. The summed E-state index contributed by atoms with van der Waals surface area (Å²) in [5.41, 5.74) is 2.32. The van der Waals surface area contributed by atoms with Gasteiger partial charge in [-0.2, -0.15) is 5.26 Å². The standard InChI is InChI=1S/C23H26N6O2/c1-2-10-28-19-5-3-4-6-20(19)29(23(28)31)11-8-22(30)27-14-12-26(13-15-27)21-16-18(17-24)7-9-25-21/h3-7,9,16H,2,8,10-15H2,1H3. The third kappa shape index (κ3) is 4.17. The lowest BCUT2D eigenvalue weighted by Gasteiger charge is -2.35. The van der Waals surface area contributed by atoms with Gasteiger partial charge in [0.2, 0.25) is 5.91 Å². The van der Waals surface area contributed by atoms with Crippen LogP contribution in [0.15, 0.2) is 47.4 Å². The number of hydrogen-bond acceptors (Lipinski definition) is 5. The predicted octanol–water partition coefficient (Wildman–Crippen LogP) is 2.22. The van der Waals surface area contributed by atoms with E-state index in [0.717, 1.165) is 23.3 Å². The Balaban J connectivity index is 1.40. The van der Waals surface area contributed by atoms with Crippen molar-refractivity contribution in [3.8, 4) is 6.07 Å². The molecule has 4 rings (SSSR count). The molecule has 1 amide bonds. The van der Waals surface area contributed by atoms with Crippen LogP contribution >= 0.6 is 0 Å². The van der Waals surface area contributed by atoms with Crippen molar-refractivity contribution in [3.05, 3.63) is 58.6 Å². The Morgan fingerprint density at radius 2 is 1.74 bits per heavy atom. The van der Waals surface area contributed by atoms with Crippen LogP contribution in [0.2, 0.25) is 0 Å². The third-order valence-electron chi connectivity index (χ3n) is 5.75. The number of para-hydroxylation sites is 2. The molecule has 2 aromatic heterocycles. The maximum Gasteiger partial charge on any atom is 0.329 e. The number of aryl methyl sites for hydroxylation is 2. The van der Waals surface area contributed by atoms with E-state index >= 15 is 0 Å². The molecule has 1 aliphatic heterocycles. The maximum atomic E-state index is 12.9. The van der Waals surface area contributed by atoms with Gasteiger partial charge in [0.1, 0.15) is 5.82 Å². The summed E-state index contributed by atoms with van der Waals surface area (Å²) in [5.74, 6) is 0.819. The highest BCUT2D eigenvalue weighted by Gasteiger charge is 2.22. The highest BCUT2D eigenvalue weighted by Crippen LogP contribution is 2.17. The second-order valence-electron chi connectivity index (χ2n) is 7.71. The van der Waals surface area contributed by atoms with E-state index in [4.69, 9.17) is 5.26 Å². The first-order valence-corrected chi connectivity index (χ1v) is 10.7. The number of fused-ring (bicyclic) bond motifs is 1. The molecule has 8 nitrogen and oxygen atoms in total. The summed E-state index contributed by atoms with van der Waals surface area (Å²) in [6.07, 6.45) is 2.81. The highest BCUT2D eigenvalue weighted by atomic mass is 16.2. The quantitative estimate of drug-likeness (QED) is 0.613. The highest BCUT2D eigenvalue weighted by molar-refractivity contribution is 5.78. The molecule has 160 valence electrons. The molecule has 0 aliphatic carbocycles. The molecule has 1 saturated heterocycles. The second-order valence-corrected chi connectivity index (χ2v) is 7.71. The van der Waals surface area contributed by atoms with Crippen LogP contribution < -0.4 is 10.6 Å². The van der Waals surface area contributed by atoms with Gasteiger partial charge in [-0.1, -0.05) is 19.1 Å². The number of amides is 1. The second kappa shape index (κ2) is 9.04. The average molecular weight is 419 g/mol. The van der Waals surface area contributed by atoms with Gasteiger partial charge in [-0.05, 0) is 30.7 Å². The number of pyridine rings is 1. The molecule has 0 spiro atoms. The zero-order valence-electron chi connectivity index (χ0n) is 17.7. The van der Waals surface area contributed by atoms with Crippen molar-refractivity contribution in [2.75, 3.05) is 31.1 Å². The van der Waals surface area contributed by atoms with E-state index in [1.54, 1.807) is 27.5 Å². The van der Waals surface area contributed by atoms with Crippen LogP contribution in [-0.4, -0.2) is 51.1 Å². The van der Waals surface area contributed by atoms with E-state index in [9.17, 15) is 9.59 Å². The monoisotopic (exact) mass is 418 g/mol. The lowest BCUT2D eigenvalue weighted by atomic mass is 10.2. The van der Waals surface area contributed by atoms with Gasteiger partial charge in [0.25, 0.3) is 0 Å². The smallest absolute Gasteiger partial charge is 0.329 e. The zero-order valence-corrected chi connectivity index (χ0v) is 17.7. The van der Waals surface area contributed by atoms with Crippen LogP contribution in [0.1, 0.15) is 25.3 Å². The first-order chi connectivity index (χ1) is 15.1. The molecule has 3 heterocycles. The third-order valence-corrected chi connectivity index (χ3v) is 5.75. The molecule has 1 aliphatic rings. The number of nitriles is 1. The number of rotatable bonds is 6.